The first-order valence-electron chi connectivity index (χ1n) is 6.12. The lowest BCUT2D eigenvalue weighted by molar-refractivity contribution is 0.590. The molecule has 2 N–H and O–H groups in total. The zero-order valence-corrected chi connectivity index (χ0v) is 10.6. The number of hydrogen-bond acceptors (Lipinski definition) is 4. The largest absolute Gasteiger partial charge is 0.326 e. The van der Waals surface area contributed by atoms with Gasteiger partial charge in [0.1, 0.15) is 5.69 Å². The molecular formula is C14H12FN5. The summed E-state index contributed by atoms with van der Waals surface area (Å²) in [5.74, 6) is 0.0258. The molecule has 0 saturated heterocycles. The van der Waals surface area contributed by atoms with E-state index in [0.29, 0.717) is 5.82 Å². The van der Waals surface area contributed by atoms with Crippen molar-refractivity contribution in [2.45, 2.75) is 6.54 Å². The fraction of sp³-hybridized carbons (Fsp3) is 0.0714. The van der Waals surface area contributed by atoms with Crippen LogP contribution in [0.25, 0.3) is 17.1 Å². The summed E-state index contributed by atoms with van der Waals surface area (Å²) >= 11 is 0. The molecule has 0 aliphatic rings. The molecule has 0 aliphatic carbocycles. The van der Waals surface area contributed by atoms with Crippen molar-refractivity contribution in [3.05, 3.63) is 59.9 Å². The minimum atomic E-state index is -0.426. The first-order chi connectivity index (χ1) is 9.78. The van der Waals surface area contributed by atoms with Gasteiger partial charge in [-0.05, 0) is 22.9 Å². The van der Waals surface area contributed by atoms with Gasteiger partial charge in [0.2, 0.25) is 5.82 Å². The highest BCUT2D eigenvalue weighted by Gasteiger charge is 2.10. The second-order valence-electron chi connectivity index (χ2n) is 4.26. The van der Waals surface area contributed by atoms with Gasteiger partial charge < -0.3 is 5.73 Å². The van der Waals surface area contributed by atoms with Gasteiger partial charge in [-0.1, -0.05) is 36.4 Å². The van der Waals surface area contributed by atoms with Gasteiger partial charge in [0.25, 0.3) is 0 Å². The zero-order chi connectivity index (χ0) is 13.9. The van der Waals surface area contributed by atoms with Gasteiger partial charge in [-0.2, -0.15) is 0 Å². The Morgan fingerprint density at radius 1 is 1.10 bits per heavy atom. The van der Waals surface area contributed by atoms with Crippen LogP contribution < -0.4 is 5.73 Å². The number of nitrogens with zero attached hydrogens (tertiary/aromatic N) is 4. The van der Waals surface area contributed by atoms with Crippen LogP contribution in [0, 0.1) is 5.82 Å². The SMILES string of the molecule is NCc1ccc(-n2nnc(-c3ccccc3)n2)c(F)c1. The summed E-state index contributed by atoms with van der Waals surface area (Å²) < 4.78 is 14.0. The van der Waals surface area contributed by atoms with Crippen molar-refractivity contribution in [1.82, 2.24) is 20.2 Å². The lowest BCUT2D eigenvalue weighted by atomic mass is 10.2. The predicted octanol–water partition coefficient (Wildman–Crippen LogP) is 1.93. The highest BCUT2D eigenvalue weighted by atomic mass is 19.1. The molecule has 0 bridgehead atoms. The van der Waals surface area contributed by atoms with E-state index in [1.54, 1.807) is 12.1 Å². The molecule has 0 saturated carbocycles. The van der Waals surface area contributed by atoms with Gasteiger partial charge in [0, 0.05) is 12.1 Å². The van der Waals surface area contributed by atoms with Gasteiger partial charge in [-0.15, -0.1) is 15.0 Å². The Kier molecular flexibility index (Phi) is 3.22. The molecule has 100 valence electrons. The van der Waals surface area contributed by atoms with Crippen LogP contribution in [0.3, 0.4) is 0 Å². The third-order valence-electron chi connectivity index (χ3n) is 2.91. The van der Waals surface area contributed by atoms with Crippen molar-refractivity contribution < 1.29 is 4.39 Å². The van der Waals surface area contributed by atoms with E-state index in [2.05, 4.69) is 15.4 Å². The quantitative estimate of drug-likeness (QED) is 0.788. The summed E-state index contributed by atoms with van der Waals surface area (Å²) in [6, 6.07) is 14.1. The fourth-order valence-electron chi connectivity index (χ4n) is 1.86. The number of nitrogens with two attached hydrogens (primary N) is 1. The zero-order valence-electron chi connectivity index (χ0n) is 10.6. The van der Waals surface area contributed by atoms with Crippen LogP contribution in [0.4, 0.5) is 4.39 Å². The number of rotatable bonds is 3. The van der Waals surface area contributed by atoms with Crippen LogP contribution in [-0.2, 0) is 6.54 Å². The molecule has 2 aromatic carbocycles. The highest BCUT2D eigenvalue weighted by Crippen LogP contribution is 2.16. The van der Waals surface area contributed by atoms with Crippen molar-refractivity contribution in [1.29, 1.82) is 0 Å². The number of hydrogen-bond donors (Lipinski definition) is 1. The standard InChI is InChI=1S/C14H12FN5/c15-12-8-10(9-16)6-7-13(12)20-18-14(17-19-20)11-4-2-1-3-5-11/h1-8H,9,16H2. The Morgan fingerprint density at radius 3 is 2.60 bits per heavy atom. The number of aromatic nitrogens is 4. The monoisotopic (exact) mass is 269 g/mol. The summed E-state index contributed by atoms with van der Waals surface area (Å²) in [5, 5.41) is 12.0. The summed E-state index contributed by atoms with van der Waals surface area (Å²) in [5.41, 5.74) is 7.27. The van der Waals surface area contributed by atoms with Crippen molar-refractivity contribution in [3.63, 3.8) is 0 Å². The van der Waals surface area contributed by atoms with Crippen molar-refractivity contribution in [2.24, 2.45) is 5.73 Å². The predicted molar refractivity (Wildman–Crippen MR) is 72.4 cm³/mol. The average molecular weight is 269 g/mol. The molecule has 0 unspecified atom stereocenters. The smallest absolute Gasteiger partial charge is 0.205 e. The van der Waals surface area contributed by atoms with Crippen molar-refractivity contribution >= 4 is 0 Å². The molecule has 0 fully saturated rings. The third kappa shape index (κ3) is 2.28. The van der Waals surface area contributed by atoms with Gasteiger partial charge >= 0.3 is 0 Å². The second-order valence-corrected chi connectivity index (χ2v) is 4.26. The maximum absolute atomic E-state index is 14.0. The van der Waals surface area contributed by atoms with E-state index < -0.39 is 5.82 Å². The van der Waals surface area contributed by atoms with Crippen LogP contribution in [0.2, 0.25) is 0 Å². The van der Waals surface area contributed by atoms with Crippen LogP contribution in [0.15, 0.2) is 48.5 Å². The first-order valence-corrected chi connectivity index (χ1v) is 6.12. The first kappa shape index (κ1) is 12.4. The van der Waals surface area contributed by atoms with E-state index in [1.807, 2.05) is 30.3 Å². The lowest BCUT2D eigenvalue weighted by Crippen LogP contribution is -2.04. The molecule has 0 aliphatic heterocycles. The molecule has 0 radical (unpaired) electrons. The van der Waals surface area contributed by atoms with Crippen LogP contribution >= 0.6 is 0 Å². The van der Waals surface area contributed by atoms with Crippen LogP contribution in [-0.4, -0.2) is 20.2 Å². The Hall–Kier alpha value is -2.60. The number of halogens is 1. The van der Waals surface area contributed by atoms with Gasteiger partial charge in [0.05, 0.1) is 0 Å². The maximum Gasteiger partial charge on any atom is 0.205 e. The highest BCUT2D eigenvalue weighted by molar-refractivity contribution is 5.53. The Bertz CT molecular complexity index is 723. The third-order valence-corrected chi connectivity index (χ3v) is 2.91. The summed E-state index contributed by atoms with van der Waals surface area (Å²) in [7, 11) is 0. The average Bonchev–Trinajstić information content (AvgIpc) is 2.97. The van der Waals surface area contributed by atoms with Gasteiger partial charge in [-0.3, -0.25) is 0 Å². The molecule has 0 spiro atoms. The second kappa shape index (κ2) is 5.18. The summed E-state index contributed by atoms with van der Waals surface area (Å²) in [6.45, 7) is 0.289. The van der Waals surface area contributed by atoms with Gasteiger partial charge in [0.15, 0.2) is 5.82 Å². The molecule has 0 amide bonds. The molecule has 6 heteroatoms. The minimum absolute atomic E-state index is 0.247. The molecule has 0 atom stereocenters. The Morgan fingerprint density at radius 2 is 1.90 bits per heavy atom. The molecule has 1 aromatic heterocycles. The molecular weight excluding hydrogens is 257 g/mol. The molecule has 3 aromatic rings. The van der Waals surface area contributed by atoms with Crippen LogP contribution in [0.1, 0.15) is 5.56 Å². The molecule has 3 rings (SSSR count). The maximum atomic E-state index is 14.0. The lowest BCUT2D eigenvalue weighted by Gasteiger charge is -2.02. The topological polar surface area (TPSA) is 69.6 Å². The normalized spacial score (nSPS) is 10.7. The summed E-state index contributed by atoms with van der Waals surface area (Å²) in [6.07, 6.45) is 0. The van der Waals surface area contributed by atoms with E-state index in [0.717, 1.165) is 11.1 Å². The van der Waals surface area contributed by atoms with E-state index in [-0.39, 0.29) is 12.2 Å². The fourth-order valence-corrected chi connectivity index (χ4v) is 1.86. The van der Waals surface area contributed by atoms with Crippen molar-refractivity contribution in [2.75, 3.05) is 0 Å². The molecule has 20 heavy (non-hydrogen) atoms. The number of tetrazole rings is 1. The van der Waals surface area contributed by atoms with E-state index >= 15 is 0 Å². The summed E-state index contributed by atoms with van der Waals surface area (Å²) in [4.78, 5) is 1.18. The minimum Gasteiger partial charge on any atom is -0.326 e. The molecule has 5 nitrogen and oxygen atoms in total. The van der Waals surface area contributed by atoms with Crippen molar-refractivity contribution in [3.8, 4) is 17.1 Å². The molecule has 1 heterocycles. The number of benzene rings is 2. The van der Waals surface area contributed by atoms with Crippen LogP contribution in [0.5, 0.6) is 0 Å². The van der Waals surface area contributed by atoms with E-state index in [9.17, 15) is 4.39 Å². The van der Waals surface area contributed by atoms with Gasteiger partial charge in [-0.25, -0.2) is 4.39 Å². The van der Waals surface area contributed by atoms with E-state index in [4.69, 9.17) is 5.73 Å². The Labute approximate surface area is 114 Å². The Balaban J connectivity index is 1.98. The van der Waals surface area contributed by atoms with E-state index in [1.165, 1.54) is 10.9 Å².